The zero-order valence-corrected chi connectivity index (χ0v) is 10.6. The fraction of sp³-hybridized carbons (Fsp3) is 0. The van der Waals surface area contributed by atoms with Gasteiger partial charge < -0.3 is 0 Å². The van der Waals surface area contributed by atoms with E-state index >= 15 is 0 Å². The van der Waals surface area contributed by atoms with Crippen molar-refractivity contribution in [2.75, 3.05) is 0 Å². The Labute approximate surface area is 117 Å². The van der Waals surface area contributed by atoms with E-state index < -0.39 is 28.8 Å². The Balaban J connectivity index is 2.20. The van der Waals surface area contributed by atoms with Gasteiger partial charge in [-0.25, -0.2) is 13.2 Å². The van der Waals surface area contributed by atoms with Crippen LogP contribution in [-0.2, 0) is 0 Å². The van der Waals surface area contributed by atoms with Gasteiger partial charge in [-0.05, 0) is 24.3 Å². The molecule has 2 aromatic carbocycles. The van der Waals surface area contributed by atoms with Gasteiger partial charge in [-0.2, -0.15) is 0 Å². The normalized spacial score (nSPS) is 10.8. The van der Waals surface area contributed by atoms with Crippen molar-refractivity contribution < 1.29 is 18.0 Å². The number of carbonyl (C=O) groups is 1. The minimum Gasteiger partial charge on any atom is -0.288 e. The Morgan fingerprint density at radius 1 is 0.857 bits per heavy atom. The van der Waals surface area contributed by atoms with Gasteiger partial charge >= 0.3 is 0 Å². The highest BCUT2D eigenvalue weighted by Crippen LogP contribution is 2.22. The Hall–Kier alpha value is -2.69. The van der Waals surface area contributed by atoms with E-state index in [9.17, 15) is 18.0 Å². The van der Waals surface area contributed by atoms with Crippen LogP contribution in [0, 0.1) is 17.5 Å². The van der Waals surface area contributed by atoms with Crippen molar-refractivity contribution in [3.63, 3.8) is 0 Å². The van der Waals surface area contributed by atoms with Crippen molar-refractivity contribution in [2.24, 2.45) is 0 Å². The van der Waals surface area contributed by atoms with E-state index in [2.05, 4.69) is 4.98 Å². The Morgan fingerprint density at radius 3 is 2.43 bits per heavy atom. The average molecular weight is 287 g/mol. The first-order chi connectivity index (χ1) is 10.1. The van der Waals surface area contributed by atoms with Crippen LogP contribution in [0.5, 0.6) is 0 Å². The first kappa shape index (κ1) is 13.3. The van der Waals surface area contributed by atoms with Gasteiger partial charge in [0.05, 0.1) is 11.1 Å². The maximum absolute atomic E-state index is 13.7. The fourth-order valence-corrected chi connectivity index (χ4v) is 2.13. The van der Waals surface area contributed by atoms with Gasteiger partial charge in [0, 0.05) is 17.1 Å². The molecule has 0 radical (unpaired) electrons. The van der Waals surface area contributed by atoms with Gasteiger partial charge in [-0.15, -0.1) is 0 Å². The third-order valence-corrected chi connectivity index (χ3v) is 3.16. The number of nitrogens with zero attached hydrogens (tertiary/aromatic N) is 1. The smallest absolute Gasteiger partial charge is 0.198 e. The number of carbonyl (C=O) groups excluding carboxylic acids is 1. The van der Waals surface area contributed by atoms with Crippen LogP contribution in [0.4, 0.5) is 13.2 Å². The lowest BCUT2D eigenvalue weighted by molar-refractivity contribution is 0.103. The number of halogens is 3. The molecule has 0 unspecified atom stereocenters. The number of pyridine rings is 1. The van der Waals surface area contributed by atoms with Gasteiger partial charge in [0.15, 0.2) is 23.2 Å². The number of hydrogen-bond acceptors (Lipinski definition) is 2. The van der Waals surface area contributed by atoms with E-state index in [0.717, 1.165) is 12.1 Å². The molecule has 0 atom stereocenters. The molecule has 0 spiro atoms. The van der Waals surface area contributed by atoms with E-state index in [1.807, 2.05) is 0 Å². The lowest BCUT2D eigenvalue weighted by Gasteiger charge is -2.06. The molecule has 104 valence electrons. The fourth-order valence-electron chi connectivity index (χ4n) is 2.13. The van der Waals surface area contributed by atoms with Crippen molar-refractivity contribution >= 4 is 16.7 Å². The number of rotatable bonds is 2. The number of aromatic nitrogens is 1. The lowest BCUT2D eigenvalue weighted by Crippen LogP contribution is -2.08. The predicted octanol–water partition coefficient (Wildman–Crippen LogP) is 3.88. The van der Waals surface area contributed by atoms with E-state index in [1.165, 1.54) is 12.3 Å². The molecular weight excluding hydrogens is 279 g/mol. The Kier molecular flexibility index (Phi) is 3.17. The zero-order chi connectivity index (χ0) is 15.0. The summed E-state index contributed by atoms with van der Waals surface area (Å²) in [5.41, 5.74) is -0.000746. The Morgan fingerprint density at radius 2 is 1.62 bits per heavy atom. The summed E-state index contributed by atoms with van der Waals surface area (Å²) in [6.45, 7) is 0. The molecule has 0 N–H and O–H groups in total. The average Bonchev–Trinajstić information content (AvgIpc) is 2.51. The summed E-state index contributed by atoms with van der Waals surface area (Å²) < 4.78 is 39.9. The number of hydrogen-bond donors (Lipinski definition) is 0. The largest absolute Gasteiger partial charge is 0.288 e. The second-order valence-electron chi connectivity index (χ2n) is 4.43. The van der Waals surface area contributed by atoms with Crippen molar-refractivity contribution in [1.29, 1.82) is 0 Å². The van der Waals surface area contributed by atoms with E-state index in [1.54, 1.807) is 24.3 Å². The summed E-state index contributed by atoms with van der Waals surface area (Å²) in [5, 5.41) is 0.700. The molecule has 0 saturated heterocycles. The molecule has 0 aliphatic rings. The first-order valence-corrected chi connectivity index (χ1v) is 6.11. The van der Waals surface area contributed by atoms with Crippen LogP contribution in [-0.4, -0.2) is 10.8 Å². The maximum Gasteiger partial charge on any atom is 0.198 e. The predicted molar refractivity (Wildman–Crippen MR) is 71.5 cm³/mol. The van der Waals surface area contributed by atoms with Crippen LogP contribution in [0.25, 0.3) is 10.9 Å². The van der Waals surface area contributed by atoms with Gasteiger partial charge in [0.25, 0.3) is 0 Å². The number of fused-ring (bicyclic) bond motifs is 1. The molecule has 0 aliphatic heterocycles. The highest BCUT2D eigenvalue weighted by molar-refractivity contribution is 6.15. The van der Waals surface area contributed by atoms with Gasteiger partial charge in [-0.3, -0.25) is 9.78 Å². The summed E-state index contributed by atoms with van der Waals surface area (Å²) in [7, 11) is 0. The highest BCUT2D eigenvalue weighted by atomic mass is 19.2. The SMILES string of the molecule is O=C(c1ccc(F)c(F)c1F)c1cccc2cccnc12. The molecule has 1 aromatic heterocycles. The van der Waals surface area contributed by atoms with E-state index in [0.29, 0.717) is 10.9 Å². The molecule has 5 heteroatoms. The quantitative estimate of drug-likeness (QED) is 0.529. The summed E-state index contributed by atoms with van der Waals surface area (Å²) in [6, 6.07) is 9.95. The highest BCUT2D eigenvalue weighted by Gasteiger charge is 2.21. The molecular formula is C16H8F3NO. The van der Waals surface area contributed by atoms with Crippen LogP contribution < -0.4 is 0 Å². The zero-order valence-electron chi connectivity index (χ0n) is 10.6. The lowest BCUT2D eigenvalue weighted by atomic mass is 10.00. The molecule has 0 aliphatic carbocycles. The minimum atomic E-state index is -1.66. The summed E-state index contributed by atoms with van der Waals surface area (Å²) in [6.07, 6.45) is 1.50. The van der Waals surface area contributed by atoms with Crippen molar-refractivity contribution in [3.05, 3.63) is 77.2 Å². The van der Waals surface area contributed by atoms with E-state index in [4.69, 9.17) is 0 Å². The molecule has 0 fully saturated rings. The summed E-state index contributed by atoms with van der Waals surface area (Å²) in [4.78, 5) is 16.5. The van der Waals surface area contributed by atoms with Crippen LogP contribution >= 0.6 is 0 Å². The van der Waals surface area contributed by atoms with Gasteiger partial charge in [-0.1, -0.05) is 18.2 Å². The molecule has 3 aromatic rings. The standard InChI is InChI=1S/C16H8F3NO/c17-12-7-6-10(13(18)14(12)19)16(21)11-5-1-3-9-4-2-8-20-15(9)11/h1-8H. The van der Waals surface area contributed by atoms with Crippen LogP contribution in [0.3, 0.4) is 0 Å². The summed E-state index contributed by atoms with van der Waals surface area (Å²) >= 11 is 0. The summed E-state index contributed by atoms with van der Waals surface area (Å²) in [5.74, 6) is -5.22. The van der Waals surface area contributed by atoms with Gasteiger partial charge in [0.2, 0.25) is 0 Å². The topological polar surface area (TPSA) is 30.0 Å². The number of ketones is 1. The van der Waals surface area contributed by atoms with Crippen LogP contribution in [0.2, 0.25) is 0 Å². The minimum absolute atomic E-state index is 0.137. The Bertz CT molecular complexity index is 856. The van der Waals surface area contributed by atoms with Crippen molar-refractivity contribution in [1.82, 2.24) is 4.98 Å². The molecule has 3 rings (SSSR count). The van der Waals surface area contributed by atoms with E-state index in [-0.39, 0.29) is 5.56 Å². The third-order valence-electron chi connectivity index (χ3n) is 3.16. The second-order valence-corrected chi connectivity index (χ2v) is 4.43. The molecule has 0 bridgehead atoms. The molecule has 1 heterocycles. The molecule has 21 heavy (non-hydrogen) atoms. The van der Waals surface area contributed by atoms with Crippen LogP contribution in [0.1, 0.15) is 15.9 Å². The molecule has 2 nitrogen and oxygen atoms in total. The van der Waals surface area contributed by atoms with Crippen molar-refractivity contribution in [3.8, 4) is 0 Å². The third kappa shape index (κ3) is 2.16. The van der Waals surface area contributed by atoms with Gasteiger partial charge in [0.1, 0.15) is 0 Å². The van der Waals surface area contributed by atoms with Crippen LogP contribution in [0.15, 0.2) is 48.7 Å². The first-order valence-electron chi connectivity index (χ1n) is 6.11. The number of benzene rings is 2. The molecule has 0 amide bonds. The second kappa shape index (κ2) is 5.01. The maximum atomic E-state index is 13.7. The van der Waals surface area contributed by atoms with Crippen molar-refractivity contribution in [2.45, 2.75) is 0 Å². The molecule has 0 saturated carbocycles. The monoisotopic (exact) mass is 287 g/mol. The number of para-hydroxylation sites is 1.